The molecule has 6 heteroatoms. The van der Waals surface area contributed by atoms with Crippen LogP contribution in [0.15, 0.2) is 48.5 Å². The number of benzene rings is 2. The number of carbonyl (C=O) groups excluding carboxylic acids is 2. The Bertz CT molecular complexity index is 748. The molecule has 1 unspecified atom stereocenters. The average molecular weight is 362 g/mol. The van der Waals surface area contributed by atoms with Crippen LogP contribution in [0.3, 0.4) is 0 Å². The third-order valence-corrected chi connectivity index (χ3v) is 3.61. The van der Waals surface area contributed by atoms with Crippen molar-refractivity contribution in [1.82, 2.24) is 0 Å². The van der Waals surface area contributed by atoms with Crippen molar-refractivity contribution in [2.24, 2.45) is 0 Å². The minimum atomic E-state index is -0.676. The molecule has 0 radical (unpaired) electrons. The summed E-state index contributed by atoms with van der Waals surface area (Å²) in [6.07, 6.45) is -0.194. The zero-order chi connectivity index (χ0) is 18.2. The van der Waals surface area contributed by atoms with E-state index in [1.54, 1.807) is 55.5 Å². The van der Waals surface area contributed by atoms with Gasteiger partial charge in [0.15, 0.2) is 6.10 Å². The first-order valence-corrected chi connectivity index (χ1v) is 8.41. The SMILES string of the molecule is CCOC(=O)c1cccc(NC(=O)C(CC)Oc2cccc(Cl)c2)c1. The summed E-state index contributed by atoms with van der Waals surface area (Å²) >= 11 is 5.93. The zero-order valence-corrected chi connectivity index (χ0v) is 14.9. The largest absolute Gasteiger partial charge is 0.481 e. The van der Waals surface area contributed by atoms with Crippen molar-refractivity contribution in [3.63, 3.8) is 0 Å². The second-order valence-corrected chi connectivity index (χ2v) is 5.70. The summed E-state index contributed by atoms with van der Waals surface area (Å²) in [4.78, 5) is 24.2. The third kappa shape index (κ3) is 5.50. The quantitative estimate of drug-likeness (QED) is 0.746. The minimum absolute atomic E-state index is 0.292. The van der Waals surface area contributed by atoms with E-state index < -0.39 is 12.1 Å². The Hall–Kier alpha value is -2.53. The Balaban J connectivity index is 2.06. The Kier molecular flexibility index (Phi) is 6.83. The molecule has 1 atom stereocenters. The van der Waals surface area contributed by atoms with Crippen LogP contribution in [0.5, 0.6) is 5.75 Å². The number of ether oxygens (including phenoxy) is 2. The van der Waals surface area contributed by atoms with Crippen LogP contribution in [0.25, 0.3) is 0 Å². The monoisotopic (exact) mass is 361 g/mol. The molecule has 5 nitrogen and oxygen atoms in total. The Morgan fingerprint density at radius 2 is 1.88 bits per heavy atom. The first-order chi connectivity index (χ1) is 12.0. The van der Waals surface area contributed by atoms with Gasteiger partial charge in [-0.1, -0.05) is 30.7 Å². The fraction of sp³-hybridized carbons (Fsp3) is 0.263. The summed E-state index contributed by atoms with van der Waals surface area (Å²) in [5.74, 6) is -0.209. The maximum absolute atomic E-state index is 12.5. The summed E-state index contributed by atoms with van der Waals surface area (Å²) in [5, 5.41) is 3.30. The van der Waals surface area contributed by atoms with Gasteiger partial charge < -0.3 is 14.8 Å². The molecule has 0 spiro atoms. The standard InChI is InChI=1S/C19H20ClNO4/c1-3-17(25-16-10-6-8-14(20)12-16)18(22)21-15-9-5-7-13(11-15)19(23)24-4-2/h5-12,17H,3-4H2,1-2H3,(H,21,22). The number of esters is 1. The molecular weight excluding hydrogens is 342 g/mol. The first-order valence-electron chi connectivity index (χ1n) is 8.03. The fourth-order valence-corrected chi connectivity index (χ4v) is 2.37. The highest BCUT2D eigenvalue weighted by Gasteiger charge is 2.19. The lowest BCUT2D eigenvalue weighted by molar-refractivity contribution is -0.122. The number of hydrogen-bond acceptors (Lipinski definition) is 4. The molecule has 0 bridgehead atoms. The summed E-state index contributed by atoms with van der Waals surface area (Å²) < 4.78 is 10.7. The van der Waals surface area contributed by atoms with Crippen molar-refractivity contribution in [2.45, 2.75) is 26.4 Å². The Morgan fingerprint density at radius 3 is 2.56 bits per heavy atom. The lowest BCUT2D eigenvalue weighted by Crippen LogP contribution is -2.32. The van der Waals surface area contributed by atoms with Gasteiger partial charge in [0.25, 0.3) is 5.91 Å². The smallest absolute Gasteiger partial charge is 0.338 e. The molecule has 25 heavy (non-hydrogen) atoms. The second-order valence-electron chi connectivity index (χ2n) is 5.26. The molecule has 0 saturated carbocycles. The van der Waals surface area contributed by atoms with Crippen LogP contribution in [0.1, 0.15) is 30.6 Å². The fourth-order valence-electron chi connectivity index (χ4n) is 2.19. The van der Waals surface area contributed by atoms with Crippen molar-refractivity contribution < 1.29 is 19.1 Å². The van der Waals surface area contributed by atoms with E-state index >= 15 is 0 Å². The Labute approximate surface area is 151 Å². The van der Waals surface area contributed by atoms with Crippen LogP contribution in [0.4, 0.5) is 5.69 Å². The molecule has 1 amide bonds. The van der Waals surface area contributed by atoms with E-state index in [1.807, 2.05) is 6.92 Å². The van der Waals surface area contributed by atoms with Crippen LogP contribution in [-0.4, -0.2) is 24.6 Å². The summed E-state index contributed by atoms with van der Waals surface area (Å²) in [7, 11) is 0. The molecule has 0 heterocycles. The highest BCUT2D eigenvalue weighted by Crippen LogP contribution is 2.20. The number of nitrogens with one attached hydrogen (secondary N) is 1. The normalized spacial score (nSPS) is 11.5. The number of carbonyl (C=O) groups is 2. The van der Waals surface area contributed by atoms with E-state index in [2.05, 4.69) is 5.32 Å². The molecule has 132 valence electrons. The van der Waals surface area contributed by atoms with Gasteiger partial charge >= 0.3 is 5.97 Å². The van der Waals surface area contributed by atoms with Crippen molar-refractivity contribution >= 4 is 29.2 Å². The molecule has 1 N–H and O–H groups in total. The lowest BCUT2D eigenvalue weighted by Gasteiger charge is -2.17. The van der Waals surface area contributed by atoms with Crippen molar-refractivity contribution in [3.8, 4) is 5.75 Å². The van der Waals surface area contributed by atoms with Crippen LogP contribution >= 0.6 is 11.6 Å². The second kappa shape index (κ2) is 9.08. The maximum atomic E-state index is 12.5. The predicted octanol–water partition coefficient (Wildman–Crippen LogP) is 4.31. The average Bonchev–Trinajstić information content (AvgIpc) is 2.60. The van der Waals surface area contributed by atoms with Gasteiger partial charge in [-0.15, -0.1) is 0 Å². The summed E-state index contributed by atoms with van der Waals surface area (Å²) in [6.45, 7) is 3.88. The number of rotatable bonds is 7. The lowest BCUT2D eigenvalue weighted by atomic mass is 10.2. The van der Waals surface area contributed by atoms with E-state index in [9.17, 15) is 9.59 Å². The summed E-state index contributed by atoms with van der Waals surface area (Å²) in [6, 6.07) is 13.5. The van der Waals surface area contributed by atoms with Gasteiger partial charge in [-0.3, -0.25) is 4.79 Å². The van der Waals surface area contributed by atoms with Gasteiger partial charge in [0.2, 0.25) is 0 Å². The van der Waals surface area contributed by atoms with Gasteiger partial charge in [-0.25, -0.2) is 4.79 Å². The molecular formula is C19H20ClNO4. The number of amides is 1. The molecule has 2 rings (SSSR count). The number of halogens is 1. The molecule has 2 aromatic carbocycles. The van der Waals surface area contributed by atoms with E-state index in [0.717, 1.165) is 0 Å². The molecule has 2 aromatic rings. The van der Waals surface area contributed by atoms with Gasteiger partial charge in [0.05, 0.1) is 12.2 Å². The highest BCUT2D eigenvalue weighted by atomic mass is 35.5. The van der Waals surface area contributed by atoms with Crippen LogP contribution in [0.2, 0.25) is 5.02 Å². The van der Waals surface area contributed by atoms with E-state index in [4.69, 9.17) is 21.1 Å². The minimum Gasteiger partial charge on any atom is -0.481 e. The summed E-state index contributed by atoms with van der Waals surface area (Å²) in [5.41, 5.74) is 0.882. The van der Waals surface area contributed by atoms with E-state index in [1.165, 1.54) is 0 Å². The van der Waals surface area contributed by atoms with Crippen LogP contribution < -0.4 is 10.1 Å². The molecule has 0 fully saturated rings. The van der Waals surface area contributed by atoms with Gasteiger partial charge in [-0.2, -0.15) is 0 Å². The van der Waals surface area contributed by atoms with Gasteiger partial charge in [0, 0.05) is 10.7 Å². The maximum Gasteiger partial charge on any atom is 0.338 e. The molecule has 0 saturated heterocycles. The van der Waals surface area contributed by atoms with E-state index in [-0.39, 0.29) is 5.91 Å². The Morgan fingerprint density at radius 1 is 1.12 bits per heavy atom. The predicted molar refractivity (Wildman–Crippen MR) is 97.2 cm³/mol. The van der Waals surface area contributed by atoms with Gasteiger partial charge in [-0.05, 0) is 49.7 Å². The highest BCUT2D eigenvalue weighted by molar-refractivity contribution is 6.30. The van der Waals surface area contributed by atoms with E-state index in [0.29, 0.717) is 35.1 Å². The van der Waals surface area contributed by atoms with Gasteiger partial charge in [0.1, 0.15) is 5.75 Å². The van der Waals surface area contributed by atoms with Crippen molar-refractivity contribution in [1.29, 1.82) is 0 Å². The van der Waals surface area contributed by atoms with Crippen molar-refractivity contribution in [3.05, 3.63) is 59.1 Å². The van der Waals surface area contributed by atoms with Crippen LogP contribution in [-0.2, 0) is 9.53 Å². The number of hydrogen-bond donors (Lipinski definition) is 1. The molecule has 0 aromatic heterocycles. The zero-order valence-electron chi connectivity index (χ0n) is 14.1. The number of anilines is 1. The molecule has 0 aliphatic heterocycles. The van der Waals surface area contributed by atoms with Crippen molar-refractivity contribution in [2.75, 3.05) is 11.9 Å². The topological polar surface area (TPSA) is 64.6 Å². The molecule has 0 aliphatic rings. The molecule has 0 aliphatic carbocycles. The first kappa shape index (κ1) is 18.8. The third-order valence-electron chi connectivity index (χ3n) is 3.38. The van der Waals surface area contributed by atoms with Crippen LogP contribution in [0, 0.1) is 0 Å².